The number of anilines is 1. The molecule has 1 aromatic rings. The Kier molecular flexibility index (Phi) is 6.56. The van der Waals surface area contributed by atoms with E-state index in [0.717, 1.165) is 57.7 Å². The van der Waals surface area contributed by atoms with Gasteiger partial charge in [0.2, 0.25) is 5.91 Å². The van der Waals surface area contributed by atoms with E-state index in [-0.39, 0.29) is 17.8 Å². The second-order valence-corrected chi connectivity index (χ2v) is 9.98. The standard InChI is InChI=1S/C25H36N4O4/c1-27(13-14-28-11-3-2-4-12-28)23(30)19-5-8-25(9-6-19)20-7-10-26-22(21(20)24(31)33-25)29-15-17-32-18-16-29/h7,10,19H,2-6,8-9,11-18H2,1H3. The highest BCUT2D eigenvalue weighted by molar-refractivity contribution is 5.99. The predicted molar refractivity (Wildman–Crippen MR) is 124 cm³/mol. The van der Waals surface area contributed by atoms with E-state index in [1.165, 1.54) is 19.3 Å². The van der Waals surface area contributed by atoms with Crippen molar-refractivity contribution in [2.45, 2.75) is 50.5 Å². The van der Waals surface area contributed by atoms with Gasteiger partial charge in [0.25, 0.3) is 0 Å². The zero-order valence-electron chi connectivity index (χ0n) is 19.8. The Morgan fingerprint density at radius 3 is 2.61 bits per heavy atom. The van der Waals surface area contributed by atoms with Crippen LogP contribution in [0.4, 0.5) is 5.82 Å². The van der Waals surface area contributed by atoms with Gasteiger partial charge in [-0.2, -0.15) is 0 Å². The summed E-state index contributed by atoms with van der Waals surface area (Å²) in [6, 6.07) is 1.94. The fourth-order valence-electron chi connectivity index (χ4n) is 5.93. The topological polar surface area (TPSA) is 75.2 Å². The first-order valence-electron chi connectivity index (χ1n) is 12.6. The molecule has 1 aliphatic carbocycles. The third kappa shape index (κ3) is 4.47. The van der Waals surface area contributed by atoms with Crippen molar-refractivity contribution in [3.8, 4) is 0 Å². The van der Waals surface area contributed by atoms with Crippen LogP contribution in [0, 0.1) is 5.92 Å². The Hall–Kier alpha value is -2.19. The lowest BCUT2D eigenvalue weighted by molar-refractivity contribution is -0.137. The molecule has 4 aliphatic rings. The number of ether oxygens (including phenoxy) is 2. The van der Waals surface area contributed by atoms with Crippen LogP contribution < -0.4 is 4.90 Å². The molecule has 33 heavy (non-hydrogen) atoms. The highest BCUT2D eigenvalue weighted by Gasteiger charge is 2.50. The van der Waals surface area contributed by atoms with Crippen LogP contribution in [0.1, 0.15) is 60.9 Å². The number of pyridine rings is 1. The first kappa shape index (κ1) is 22.6. The monoisotopic (exact) mass is 456 g/mol. The Morgan fingerprint density at radius 2 is 1.88 bits per heavy atom. The van der Waals surface area contributed by atoms with Crippen LogP contribution in [0.3, 0.4) is 0 Å². The first-order chi connectivity index (χ1) is 16.1. The van der Waals surface area contributed by atoms with E-state index in [4.69, 9.17) is 9.47 Å². The molecule has 0 unspecified atom stereocenters. The van der Waals surface area contributed by atoms with Crippen molar-refractivity contribution in [1.29, 1.82) is 0 Å². The highest BCUT2D eigenvalue weighted by Crippen LogP contribution is 2.49. The number of aromatic nitrogens is 1. The Labute approximate surface area is 196 Å². The molecule has 8 heteroatoms. The third-order valence-electron chi connectivity index (χ3n) is 7.94. The number of likely N-dealkylation sites (N-methyl/N-ethyl adjacent to an activating group) is 1. The lowest BCUT2D eigenvalue weighted by Gasteiger charge is -2.37. The molecule has 1 spiro atoms. The van der Waals surface area contributed by atoms with E-state index >= 15 is 0 Å². The van der Waals surface area contributed by atoms with E-state index in [9.17, 15) is 9.59 Å². The number of amides is 1. The summed E-state index contributed by atoms with van der Waals surface area (Å²) in [4.78, 5) is 37.1. The molecule has 180 valence electrons. The molecule has 1 saturated carbocycles. The number of carbonyl (C=O) groups excluding carboxylic acids is 2. The highest BCUT2D eigenvalue weighted by atomic mass is 16.6. The molecule has 0 radical (unpaired) electrons. The number of carbonyl (C=O) groups is 2. The van der Waals surface area contributed by atoms with Crippen LogP contribution in [0.2, 0.25) is 0 Å². The maximum Gasteiger partial charge on any atom is 0.343 e. The maximum atomic E-state index is 13.1. The fourth-order valence-corrected chi connectivity index (χ4v) is 5.93. The fraction of sp³-hybridized carbons (Fsp3) is 0.720. The lowest BCUT2D eigenvalue weighted by Crippen LogP contribution is -2.43. The van der Waals surface area contributed by atoms with Gasteiger partial charge < -0.3 is 24.2 Å². The lowest BCUT2D eigenvalue weighted by atomic mass is 9.74. The SMILES string of the molecule is CN(CCN1CCCCC1)C(=O)C1CCC2(CC1)OC(=O)c1c2ccnc1N1CCOCC1. The van der Waals surface area contributed by atoms with Crippen molar-refractivity contribution >= 4 is 17.7 Å². The average molecular weight is 457 g/mol. The van der Waals surface area contributed by atoms with Gasteiger partial charge in [-0.3, -0.25) is 4.79 Å². The van der Waals surface area contributed by atoms with E-state index in [1.807, 2.05) is 18.0 Å². The summed E-state index contributed by atoms with van der Waals surface area (Å²) in [6.45, 7) is 6.78. The number of morpholine rings is 1. The molecule has 2 saturated heterocycles. The van der Waals surface area contributed by atoms with E-state index < -0.39 is 5.60 Å². The number of piperidine rings is 1. The van der Waals surface area contributed by atoms with Crippen LogP contribution in [0.25, 0.3) is 0 Å². The van der Waals surface area contributed by atoms with Gasteiger partial charge in [0.1, 0.15) is 17.0 Å². The van der Waals surface area contributed by atoms with Crippen molar-refractivity contribution in [3.05, 3.63) is 23.4 Å². The van der Waals surface area contributed by atoms with Crippen molar-refractivity contribution < 1.29 is 19.1 Å². The summed E-state index contributed by atoms with van der Waals surface area (Å²) in [5.74, 6) is 0.678. The Bertz CT molecular complexity index is 871. The summed E-state index contributed by atoms with van der Waals surface area (Å²) in [6.07, 6.45) is 8.52. The molecular weight excluding hydrogens is 420 g/mol. The number of fused-ring (bicyclic) bond motifs is 2. The van der Waals surface area contributed by atoms with Gasteiger partial charge in [-0.05, 0) is 57.7 Å². The molecule has 0 bridgehead atoms. The van der Waals surface area contributed by atoms with Gasteiger partial charge in [0.05, 0.1) is 13.2 Å². The number of hydrogen-bond donors (Lipinski definition) is 0. The normalized spacial score (nSPS) is 28.0. The Balaban J connectivity index is 1.23. The minimum atomic E-state index is -0.612. The van der Waals surface area contributed by atoms with Crippen LogP contribution in [0.5, 0.6) is 0 Å². The van der Waals surface area contributed by atoms with E-state index in [1.54, 1.807) is 6.20 Å². The van der Waals surface area contributed by atoms with Crippen molar-refractivity contribution in [2.24, 2.45) is 5.92 Å². The molecule has 3 aliphatic heterocycles. The molecule has 1 aromatic heterocycles. The quantitative estimate of drug-likeness (QED) is 0.630. The molecular formula is C25H36N4O4. The van der Waals surface area contributed by atoms with Gasteiger partial charge >= 0.3 is 5.97 Å². The first-order valence-corrected chi connectivity index (χ1v) is 12.6. The van der Waals surface area contributed by atoms with Gasteiger partial charge in [0, 0.05) is 50.9 Å². The zero-order valence-corrected chi connectivity index (χ0v) is 19.8. The average Bonchev–Trinajstić information content (AvgIpc) is 3.15. The van der Waals surface area contributed by atoms with Crippen LogP contribution in [0.15, 0.2) is 12.3 Å². The molecule has 0 atom stereocenters. The molecule has 1 amide bonds. The molecule has 0 aromatic carbocycles. The summed E-state index contributed by atoms with van der Waals surface area (Å²) in [5, 5.41) is 0. The van der Waals surface area contributed by atoms with Gasteiger partial charge in [-0.1, -0.05) is 6.42 Å². The molecule has 8 nitrogen and oxygen atoms in total. The van der Waals surface area contributed by atoms with Gasteiger partial charge in [-0.25, -0.2) is 9.78 Å². The minimum absolute atomic E-state index is 0.00489. The smallest absolute Gasteiger partial charge is 0.343 e. The van der Waals surface area contributed by atoms with E-state index in [0.29, 0.717) is 37.4 Å². The number of esters is 1. The summed E-state index contributed by atoms with van der Waals surface area (Å²) >= 11 is 0. The Morgan fingerprint density at radius 1 is 1.15 bits per heavy atom. The van der Waals surface area contributed by atoms with Crippen LogP contribution in [-0.2, 0) is 19.9 Å². The van der Waals surface area contributed by atoms with Crippen LogP contribution >= 0.6 is 0 Å². The summed E-state index contributed by atoms with van der Waals surface area (Å²) in [5.41, 5.74) is 0.954. The van der Waals surface area contributed by atoms with Crippen molar-refractivity contribution in [1.82, 2.24) is 14.8 Å². The number of hydrogen-bond acceptors (Lipinski definition) is 7. The summed E-state index contributed by atoms with van der Waals surface area (Å²) in [7, 11) is 1.93. The number of nitrogens with zero attached hydrogens (tertiary/aromatic N) is 4. The minimum Gasteiger partial charge on any atom is -0.450 e. The zero-order chi connectivity index (χ0) is 22.8. The molecule has 5 rings (SSSR count). The summed E-state index contributed by atoms with van der Waals surface area (Å²) < 4.78 is 11.5. The van der Waals surface area contributed by atoms with Crippen molar-refractivity contribution in [3.63, 3.8) is 0 Å². The van der Waals surface area contributed by atoms with E-state index in [2.05, 4.69) is 14.8 Å². The predicted octanol–water partition coefficient (Wildman–Crippen LogP) is 2.42. The van der Waals surface area contributed by atoms with Gasteiger partial charge in [0.15, 0.2) is 0 Å². The second kappa shape index (κ2) is 9.58. The molecule has 0 N–H and O–H groups in total. The largest absolute Gasteiger partial charge is 0.450 e. The number of rotatable bonds is 5. The van der Waals surface area contributed by atoms with Gasteiger partial charge in [-0.15, -0.1) is 0 Å². The molecule has 4 heterocycles. The van der Waals surface area contributed by atoms with Crippen molar-refractivity contribution in [2.75, 3.05) is 64.4 Å². The maximum absolute atomic E-state index is 13.1. The number of likely N-dealkylation sites (tertiary alicyclic amines) is 1. The second-order valence-electron chi connectivity index (χ2n) is 9.98. The molecule has 3 fully saturated rings. The third-order valence-corrected chi connectivity index (χ3v) is 7.94. The van der Waals surface area contributed by atoms with Crippen LogP contribution in [-0.4, -0.2) is 86.2 Å².